The van der Waals surface area contributed by atoms with Crippen LogP contribution in [0.3, 0.4) is 0 Å². The molecule has 90 valence electrons. The van der Waals surface area contributed by atoms with Gasteiger partial charge in [0.05, 0.1) is 10.0 Å². The molecule has 0 aromatic heterocycles. The van der Waals surface area contributed by atoms with E-state index in [1.807, 2.05) is 0 Å². The summed E-state index contributed by atoms with van der Waals surface area (Å²) in [4.78, 5) is 14.6. The Morgan fingerprint density at radius 1 is 1.41 bits per heavy atom. The smallest absolute Gasteiger partial charge is 0.211 e. The molecule has 0 amide bonds. The number of nitrogens with zero attached hydrogens (tertiary/aromatic N) is 1. The summed E-state index contributed by atoms with van der Waals surface area (Å²) in [6.07, 6.45) is 5.42. The molecule has 0 aliphatic heterocycles. The maximum atomic E-state index is 13.6. The maximum Gasteiger partial charge on any atom is 0.235 e. The quantitative estimate of drug-likeness (QED) is 0.599. The van der Waals surface area contributed by atoms with Gasteiger partial charge in [0.15, 0.2) is 0 Å². The van der Waals surface area contributed by atoms with Crippen molar-refractivity contribution in [3.05, 3.63) is 33.5 Å². The van der Waals surface area contributed by atoms with Crippen molar-refractivity contribution in [1.29, 1.82) is 0 Å². The summed E-state index contributed by atoms with van der Waals surface area (Å²) in [5, 5.41) is 0. The zero-order valence-electron chi connectivity index (χ0n) is 9.59. The molecular formula is C13H13BrFNO. The Labute approximate surface area is 108 Å². The van der Waals surface area contributed by atoms with Gasteiger partial charge >= 0.3 is 0 Å². The summed E-state index contributed by atoms with van der Waals surface area (Å²) in [5.74, 6) is -0.253. The summed E-state index contributed by atoms with van der Waals surface area (Å²) in [7, 11) is 0. The Morgan fingerprint density at radius 3 is 2.59 bits per heavy atom. The van der Waals surface area contributed by atoms with Gasteiger partial charge in [-0.3, -0.25) is 0 Å². The minimum absolute atomic E-state index is 0.253. The number of benzene rings is 1. The SMILES string of the molecule is Cc1cc(C2(N=C=O)CCCC2)cc(Br)c1F. The van der Waals surface area contributed by atoms with E-state index in [-0.39, 0.29) is 5.82 Å². The van der Waals surface area contributed by atoms with Gasteiger partial charge in [-0.1, -0.05) is 18.9 Å². The molecule has 1 fully saturated rings. The van der Waals surface area contributed by atoms with Gasteiger partial charge in [-0.25, -0.2) is 9.18 Å². The number of aryl methyl sites for hydroxylation is 1. The number of isocyanates is 1. The molecule has 0 heterocycles. The topological polar surface area (TPSA) is 29.4 Å². The Morgan fingerprint density at radius 2 is 2.06 bits per heavy atom. The number of hydrogen-bond donors (Lipinski definition) is 0. The standard InChI is InChI=1S/C13H13BrFNO/c1-9-6-10(7-11(14)12(9)15)13(16-8-17)4-2-3-5-13/h6-7H,2-5H2,1H3. The number of rotatable bonds is 2. The van der Waals surface area contributed by atoms with Gasteiger partial charge < -0.3 is 0 Å². The number of halogens is 2. The first-order valence-corrected chi connectivity index (χ1v) is 6.43. The lowest BCUT2D eigenvalue weighted by Crippen LogP contribution is -2.19. The van der Waals surface area contributed by atoms with Crippen LogP contribution in [0.15, 0.2) is 21.6 Å². The van der Waals surface area contributed by atoms with Crippen LogP contribution in [-0.4, -0.2) is 6.08 Å². The summed E-state index contributed by atoms with van der Waals surface area (Å²) < 4.78 is 14.0. The lowest BCUT2D eigenvalue weighted by Gasteiger charge is -2.23. The van der Waals surface area contributed by atoms with E-state index in [9.17, 15) is 9.18 Å². The molecule has 1 aromatic rings. The van der Waals surface area contributed by atoms with Crippen molar-refractivity contribution in [2.45, 2.75) is 38.1 Å². The fourth-order valence-corrected chi connectivity index (χ4v) is 3.07. The molecule has 0 N–H and O–H groups in total. The lowest BCUT2D eigenvalue weighted by molar-refractivity contribution is 0.454. The predicted octanol–water partition coefficient (Wildman–Crippen LogP) is 4.00. The highest BCUT2D eigenvalue weighted by molar-refractivity contribution is 9.10. The maximum absolute atomic E-state index is 13.6. The van der Waals surface area contributed by atoms with Crippen molar-refractivity contribution in [3.8, 4) is 0 Å². The van der Waals surface area contributed by atoms with Crippen LogP contribution in [-0.2, 0) is 10.3 Å². The zero-order chi connectivity index (χ0) is 12.5. The van der Waals surface area contributed by atoms with E-state index in [4.69, 9.17) is 0 Å². The number of hydrogen-bond acceptors (Lipinski definition) is 2. The highest BCUT2D eigenvalue weighted by atomic mass is 79.9. The predicted molar refractivity (Wildman–Crippen MR) is 67.1 cm³/mol. The first-order valence-electron chi connectivity index (χ1n) is 5.64. The summed E-state index contributed by atoms with van der Waals surface area (Å²) >= 11 is 3.20. The van der Waals surface area contributed by atoms with E-state index in [1.165, 1.54) is 0 Å². The van der Waals surface area contributed by atoms with Crippen LogP contribution in [0, 0.1) is 12.7 Å². The third kappa shape index (κ3) is 2.20. The Balaban J connectivity index is 2.54. The van der Waals surface area contributed by atoms with Crippen LogP contribution in [0.5, 0.6) is 0 Å². The minimum atomic E-state index is -0.483. The molecule has 1 aromatic carbocycles. The second-order valence-corrected chi connectivity index (χ2v) is 5.39. The van der Waals surface area contributed by atoms with E-state index in [1.54, 1.807) is 25.1 Å². The molecular weight excluding hydrogens is 285 g/mol. The molecule has 0 spiro atoms. The van der Waals surface area contributed by atoms with Crippen LogP contribution in [0.2, 0.25) is 0 Å². The van der Waals surface area contributed by atoms with Crippen LogP contribution >= 0.6 is 15.9 Å². The average Bonchev–Trinajstić information content (AvgIpc) is 2.75. The zero-order valence-corrected chi connectivity index (χ0v) is 11.2. The van der Waals surface area contributed by atoms with Crippen molar-refractivity contribution in [2.24, 2.45) is 4.99 Å². The van der Waals surface area contributed by atoms with Gasteiger partial charge in [0.2, 0.25) is 6.08 Å². The largest absolute Gasteiger partial charge is 0.235 e. The van der Waals surface area contributed by atoms with Crippen molar-refractivity contribution >= 4 is 22.0 Å². The van der Waals surface area contributed by atoms with Gasteiger partial charge in [0.25, 0.3) is 0 Å². The fraction of sp³-hybridized carbons (Fsp3) is 0.462. The highest BCUT2D eigenvalue weighted by Gasteiger charge is 2.36. The van der Waals surface area contributed by atoms with Crippen molar-refractivity contribution < 1.29 is 9.18 Å². The molecule has 0 bridgehead atoms. The number of aliphatic imine (C=N–C) groups is 1. The average molecular weight is 298 g/mol. The van der Waals surface area contributed by atoms with Gasteiger partial charge in [0, 0.05) is 0 Å². The van der Waals surface area contributed by atoms with Gasteiger partial charge in [-0.2, -0.15) is 4.99 Å². The monoisotopic (exact) mass is 297 g/mol. The second kappa shape index (κ2) is 4.71. The highest BCUT2D eigenvalue weighted by Crippen LogP contribution is 2.43. The molecule has 0 saturated heterocycles. The fourth-order valence-electron chi connectivity index (χ4n) is 2.51. The van der Waals surface area contributed by atoms with Crippen LogP contribution in [0.4, 0.5) is 4.39 Å². The molecule has 1 aliphatic carbocycles. The minimum Gasteiger partial charge on any atom is -0.211 e. The molecule has 4 heteroatoms. The summed E-state index contributed by atoms with van der Waals surface area (Å²) in [5.41, 5.74) is 0.994. The van der Waals surface area contributed by atoms with E-state index in [0.29, 0.717) is 10.0 Å². The van der Waals surface area contributed by atoms with E-state index >= 15 is 0 Å². The molecule has 0 unspecified atom stereocenters. The first-order chi connectivity index (χ1) is 8.09. The second-order valence-electron chi connectivity index (χ2n) is 4.53. The third-order valence-corrected chi connectivity index (χ3v) is 4.01. The Hall–Kier alpha value is -0.990. The van der Waals surface area contributed by atoms with Gasteiger partial charge in [0.1, 0.15) is 5.82 Å². The van der Waals surface area contributed by atoms with Crippen LogP contribution in [0.1, 0.15) is 36.8 Å². The molecule has 0 radical (unpaired) electrons. The van der Waals surface area contributed by atoms with Gasteiger partial charge in [-0.15, -0.1) is 0 Å². The van der Waals surface area contributed by atoms with Crippen molar-refractivity contribution in [3.63, 3.8) is 0 Å². The third-order valence-electron chi connectivity index (χ3n) is 3.44. The normalized spacial score (nSPS) is 17.8. The molecule has 2 nitrogen and oxygen atoms in total. The lowest BCUT2D eigenvalue weighted by atomic mass is 9.88. The van der Waals surface area contributed by atoms with E-state index in [2.05, 4.69) is 20.9 Å². The van der Waals surface area contributed by atoms with Gasteiger partial charge in [-0.05, 0) is 52.9 Å². The Kier molecular flexibility index (Phi) is 3.45. The molecule has 0 atom stereocenters. The van der Waals surface area contributed by atoms with Crippen LogP contribution in [0.25, 0.3) is 0 Å². The van der Waals surface area contributed by atoms with E-state index in [0.717, 1.165) is 31.2 Å². The molecule has 17 heavy (non-hydrogen) atoms. The molecule has 2 rings (SSSR count). The Bertz CT molecular complexity index is 465. The number of carbonyl (C=O) groups excluding carboxylic acids is 1. The van der Waals surface area contributed by atoms with Crippen molar-refractivity contribution in [1.82, 2.24) is 0 Å². The van der Waals surface area contributed by atoms with Crippen LogP contribution < -0.4 is 0 Å². The summed E-state index contributed by atoms with van der Waals surface area (Å²) in [6.45, 7) is 1.72. The van der Waals surface area contributed by atoms with Crippen molar-refractivity contribution in [2.75, 3.05) is 0 Å². The molecule has 1 aliphatic rings. The molecule has 1 saturated carbocycles. The summed E-state index contributed by atoms with van der Waals surface area (Å²) in [6, 6.07) is 3.51. The van der Waals surface area contributed by atoms with E-state index < -0.39 is 5.54 Å². The first kappa shape index (κ1) is 12.5.